The average Bonchev–Trinajstić information content (AvgIpc) is 2.59. The number of halogens is 1. The van der Waals surface area contributed by atoms with Crippen LogP contribution in [0.3, 0.4) is 0 Å². The quantitative estimate of drug-likeness (QED) is 0.281. The molecule has 1 unspecified atom stereocenters. The number of benzene rings is 1. The standard InChI is InChI=1S/C20H26N4OS.HI/c1-20(2,3)26-18-12-14(8-10-22-18)13-23-19(21)24-16-9-11-25-17-7-5-4-6-15(16)17;/h4-8,10,12,16H,9,11,13H2,1-3H3,(H3,21,23,24);1H. The lowest BCUT2D eigenvalue weighted by molar-refractivity contribution is 0.262. The van der Waals surface area contributed by atoms with Crippen LogP contribution in [0.4, 0.5) is 0 Å². The number of hydrogen-bond donors (Lipinski definition) is 2. The van der Waals surface area contributed by atoms with Gasteiger partial charge in [0.15, 0.2) is 5.96 Å². The van der Waals surface area contributed by atoms with Gasteiger partial charge in [-0.1, -0.05) is 39.0 Å². The summed E-state index contributed by atoms with van der Waals surface area (Å²) in [5.41, 5.74) is 8.36. The van der Waals surface area contributed by atoms with E-state index in [9.17, 15) is 0 Å². The Kier molecular flexibility index (Phi) is 7.79. The Morgan fingerprint density at radius 2 is 2.11 bits per heavy atom. The highest BCUT2D eigenvalue weighted by Gasteiger charge is 2.21. The topological polar surface area (TPSA) is 72.5 Å². The molecule has 3 rings (SSSR count). The van der Waals surface area contributed by atoms with Crippen LogP contribution in [-0.2, 0) is 6.54 Å². The highest BCUT2D eigenvalue weighted by atomic mass is 127. The monoisotopic (exact) mass is 498 g/mol. The van der Waals surface area contributed by atoms with E-state index in [1.54, 1.807) is 11.8 Å². The lowest BCUT2D eigenvalue weighted by Crippen LogP contribution is -2.37. The van der Waals surface area contributed by atoms with Crippen molar-refractivity contribution in [1.29, 1.82) is 0 Å². The summed E-state index contributed by atoms with van der Waals surface area (Å²) in [6.07, 6.45) is 2.70. The third kappa shape index (κ3) is 6.57. The molecule has 27 heavy (non-hydrogen) atoms. The second-order valence-electron chi connectivity index (χ2n) is 7.29. The maximum Gasteiger partial charge on any atom is 0.189 e. The van der Waals surface area contributed by atoms with E-state index in [-0.39, 0.29) is 34.8 Å². The molecule has 2 heterocycles. The maximum absolute atomic E-state index is 6.13. The normalized spacial score (nSPS) is 16.7. The van der Waals surface area contributed by atoms with Crippen LogP contribution in [-0.4, -0.2) is 22.3 Å². The molecule has 1 aromatic carbocycles. The third-order valence-corrected chi connectivity index (χ3v) is 4.97. The molecule has 0 radical (unpaired) electrons. The highest BCUT2D eigenvalue weighted by molar-refractivity contribution is 14.0. The number of rotatable bonds is 4. The zero-order valence-corrected chi connectivity index (χ0v) is 19.1. The van der Waals surface area contributed by atoms with Crippen molar-refractivity contribution in [1.82, 2.24) is 10.3 Å². The van der Waals surface area contributed by atoms with Crippen LogP contribution in [0.5, 0.6) is 5.75 Å². The number of hydrogen-bond acceptors (Lipinski definition) is 4. The average molecular weight is 498 g/mol. The number of ether oxygens (including phenoxy) is 1. The summed E-state index contributed by atoms with van der Waals surface area (Å²) in [6.45, 7) is 7.75. The van der Waals surface area contributed by atoms with Crippen molar-refractivity contribution in [3.05, 3.63) is 53.7 Å². The molecule has 0 saturated heterocycles. The fraction of sp³-hybridized carbons (Fsp3) is 0.400. The molecular weight excluding hydrogens is 471 g/mol. The number of nitrogens with one attached hydrogen (secondary N) is 1. The third-order valence-electron chi connectivity index (χ3n) is 3.92. The second kappa shape index (κ2) is 9.64. The van der Waals surface area contributed by atoms with Crippen LogP contribution in [0, 0.1) is 0 Å². The van der Waals surface area contributed by atoms with Crippen molar-refractivity contribution in [2.24, 2.45) is 10.7 Å². The second-order valence-corrected chi connectivity index (χ2v) is 9.14. The van der Waals surface area contributed by atoms with Crippen molar-refractivity contribution in [3.63, 3.8) is 0 Å². The van der Waals surface area contributed by atoms with Crippen molar-refractivity contribution >= 4 is 41.7 Å². The fourth-order valence-corrected chi connectivity index (χ4v) is 3.76. The smallest absolute Gasteiger partial charge is 0.189 e. The number of pyridine rings is 1. The molecule has 0 amide bonds. The van der Waals surface area contributed by atoms with Crippen molar-refractivity contribution < 1.29 is 4.74 Å². The minimum absolute atomic E-state index is 0. The molecule has 0 bridgehead atoms. The van der Waals surface area contributed by atoms with Crippen LogP contribution >= 0.6 is 35.7 Å². The molecule has 5 nitrogen and oxygen atoms in total. The Labute approximate surface area is 182 Å². The van der Waals surface area contributed by atoms with Gasteiger partial charge in [-0.05, 0) is 23.8 Å². The van der Waals surface area contributed by atoms with Gasteiger partial charge in [0.25, 0.3) is 0 Å². The van der Waals surface area contributed by atoms with Crippen LogP contribution < -0.4 is 15.8 Å². The van der Waals surface area contributed by atoms with Crippen molar-refractivity contribution in [2.75, 3.05) is 6.61 Å². The van der Waals surface area contributed by atoms with E-state index in [1.165, 1.54) is 0 Å². The van der Waals surface area contributed by atoms with Gasteiger partial charge in [0.2, 0.25) is 0 Å². The number of nitrogens with zero attached hydrogens (tertiary/aromatic N) is 2. The minimum Gasteiger partial charge on any atom is -0.493 e. The van der Waals surface area contributed by atoms with Gasteiger partial charge < -0.3 is 15.8 Å². The summed E-state index contributed by atoms with van der Waals surface area (Å²) in [5, 5.41) is 4.33. The van der Waals surface area contributed by atoms with E-state index in [0.717, 1.165) is 28.3 Å². The molecule has 1 aliphatic rings. The molecule has 146 valence electrons. The van der Waals surface area contributed by atoms with Gasteiger partial charge in [-0.3, -0.25) is 0 Å². The first kappa shape index (κ1) is 21.8. The van der Waals surface area contributed by atoms with Gasteiger partial charge in [-0.2, -0.15) is 0 Å². The Hall–Kier alpha value is -1.48. The first-order valence-electron chi connectivity index (χ1n) is 8.83. The summed E-state index contributed by atoms with van der Waals surface area (Å²) in [4.78, 5) is 8.93. The number of nitrogens with two attached hydrogens (primary N) is 1. The first-order valence-corrected chi connectivity index (χ1v) is 9.64. The Morgan fingerprint density at radius 3 is 2.89 bits per heavy atom. The highest BCUT2D eigenvalue weighted by Crippen LogP contribution is 2.32. The summed E-state index contributed by atoms with van der Waals surface area (Å²) in [6, 6.07) is 12.2. The van der Waals surface area contributed by atoms with Gasteiger partial charge in [0.1, 0.15) is 5.75 Å². The zero-order valence-electron chi connectivity index (χ0n) is 15.9. The Morgan fingerprint density at radius 1 is 1.33 bits per heavy atom. The van der Waals surface area contributed by atoms with E-state index >= 15 is 0 Å². The van der Waals surface area contributed by atoms with Crippen molar-refractivity contribution in [2.45, 2.75) is 49.6 Å². The predicted octanol–water partition coefficient (Wildman–Crippen LogP) is 4.52. The van der Waals surface area contributed by atoms with E-state index in [1.807, 2.05) is 30.5 Å². The molecule has 1 aromatic heterocycles. The van der Waals surface area contributed by atoms with E-state index < -0.39 is 0 Å². The number of para-hydroxylation sites is 1. The van der Waals surface area contributed by atoms with Crippen LogP contribution in [0.2, 0.25) is 0 Å². The predicted molar refractivity (Wildman–Crippen MR) is 123 cm³/mol. The minimum atomic E-state index is 0. The molecule has 7 heteroatoms. The number of guanidine groups is 1. The summed E-state index contributed by atoms with van der Waals surface area (Å²) < 4.78 is 5.82. The van der Waals surface area contributed by atoms with Crippen LogP contribution in [0.1, 0.15) is 44.4 Å². The van der Waals surface area contributed by atoms with Gasteiger partial charge in [0.05, 0.1) is 24.2 Å². The summed E-state index contributed by atoms with van der Waals surface area (Å²) in [5.74, 6) is 1.37. The number of thioether (sulfide) groups is 1. The SMILES string of the molecule is CC(C)(C)Sc1cc(CN=C(N)NC2CCOc3ccccc32)ccn1.I. The van der Waals surface area contributed by atoms with Crippen LogP contribution in [0.25, 0.3) is 0 Å². The van der Waals surface area contributed by atoms with Gasteiger partial charge in [-0.15, -0.1) is 35.7 Å². The molecule has 0 spiro atoms. The lowest BCUT2D eigenvalue weighted by Gasteiger charge is -2.26. The largest absolute Gasteiger partial charge is 0.493 e. The number of aromatic nitrogens is 1. The van der Waals surface area contributed by atoms with E-state index in [4.69, 9.17) is 10.5 Å². The molecule has 3 N–H and O–H groups in total. The van der Waals surface area contributed by atoms with Gasteiger partial charge >= 0.3 is 0 Å². The summed E-state index contributed by atoms with van der Waals surface area (Å²) >= 11 is 1.75. The maximum atomic E-state index is 6.13. The van der Waals surface area contributed by atoms with E-state index in [0.29, 0.717) is 19.1 Å². The number of aliphatic imine (C=N–C) groups is 1. The Balaban J connectivity index is 0.00000261. The van der Waals surface area contributed by atoms with Crippen LogP contribution in [0.15, 0.2) is 52.6 Å². The molecule has 0 fully saturated rings. The van der Waals surface area contributed by atoms with Gasteiger partial charge in [0, 0.05) is 22.9 Å². The molecule has 0 aliphatic carbocycles. The molecule has 1 atom stereocenters. The summed E-state index contributed by atoms with van der Waals surface area (Å²) in [7, 11) is 0. The lowest BCUT2D eigenvalue weighted by atomic mass is 10.0. The molecule has 0 saturated carbocycles. The number of fused-ring (bicyclic) bond motifs is 1. The molecular formula is C20H27IN4OS. The molecule has 2 aromatic rings. The fourth-order valence-electron chi connectivity index (χ4n) is 2.81. The Bertz CT molecular complexity index is 792. The van der Waals surface area contributed by atoms with Crippen molar-refractivity contribution in [3.8, 4) is 5.75 Å². The molecule has 1 aliphatic heterocycles. The zero-order chi connectivity index (χ0) is 18.6. The van der Waals surface area contributed by atoms with Gasteiger partial charge in [-0.25, -0.2) is 9.98 Å². The first-order chi connectivity index (χ1) is 12.4. The van der Waals surface area contributed by atoms with E-state index in [2.05, 4.69) is 48.2 Å².